The lowest BCUT2D eigenvalue weighted by Gasteiger charge is -2.32. The van der Waals surface area contributed by atoms with E-state index in [0.717, 1.165) is 50.4 Å². The van der Waals surface area contributed by atoms with E-state index in [1.807, 2.05) is 6.07 Å². The number of likely N-dealkylation sites (N-methyl/N-ethyl adjacent to an activating group) is 1. The van der Waals surface area contributed by atoms with E-state index >= 15 is 0 Å². The molecule has 1 aliphatic rings. The van der Waals surface area contributed by atoms with E-state index in [0.29, 0.717) is 23.2 Å². The summed E-state index contributed by atoms with van der Waals surface area (Å²) in [6.07, 6.45) is 2.42. The van der Waals surface area contributed by atoms with Gasteiger partial charge in [0.2, 0.25) is 5.95 Å². The molecule has 9 nitrogen and oxygen atoms in total. The van der Waals surface area contributed by atoms with Gasteiger partial charge in [0.1, 0.15) is 10.8 Å². The minimum absolute atomic E-state index is 0.189. The number of nitrogens with one attached hydrogen (secondary N) is 2. The molecule has 2 aromatic carbocycles. The maximum absolute atomic E-state index is 12.9. The number of halogens is 1. The average molecular weight is 573 g/mol. The van der Waals surface area contributed by atoms with E-state index in [1.54, 1.807) is 45.2 Å². The van der Waals surface area contributed by atoms with Crippen molar-refractivity contribution in [3.63, 3.8) is 0 Å². The Morgan fingerprint density at radius 3 is 2.49 bits per heavy atom. The second-order valence-corrected chi connectivity index (χ2v) is 13.0. The Bertz CT molecular complexity index is 1410. The van der Waals surface area contributed by atoms with Crippen LogP contribution in [0.3, 0.4) is 0 Å². The number of hydrogen-bond donors (Lipinski definition) is 2. The van der Waals surface area contributed by atoms with Crippen LogP contribution in [0.25, 0.3) is 0 Å². The molecule has 2 heterocycles. The van der Waals surface area contributed by atoms with Crippen molar-refractivity contribution in [3.8, 4) is 5.75 Å². The van der Waals surface area contributed by atoms with Gasteiger partial charge >= 0.3 is 0 Å². The monoisotopic (exact) mass is 572 g/mol. The van der Waals surface area contributed by atoms with Crippen LogP contribution >= 0.6 is 11.6 Å². The standard InChI is InChI=1S/C28H37ClN6O3S/c1-19(2)39(36,37)26-9-7-6-8-23(26)31-27-22(29)18-30-28(33-27)32-24-16-20(3)21(17-25(24)38-5)10-11-35-14-12-34(4)13-15-35/h6-9,16-19H,10-15H2,1-5H3,(H2,30,31,32,33). The molecule has 2 N–H and O–H groups in total. The van der Waals surface area contributed by atoms with Gasteiger partial charge in [0, 0.05) is 32.7 Å². The number of aryl methyl sites for hydroxylation is 1. The Kier molecular flexibility index (Phi) is 9.32. The summed E-state index contributed by atoms with van der Waals surface area (Å²) in [7, 11) is 0.287. The highest BCUT2D eigenvalue weighted by molar-refractivity contribution is 7.92. The summed E-state index contributed by atoms with van der Waals surface area (Å²) < 4.78 is 31.5. The molecular weight excluding hydrogens is 536 g/mol. The second kappa shape index (κ2) is 12.5. The topological polar surface area (TPSA) is 99.7 Å². The van der Waals surface area contributed by atoms with Crippen LogP contribution in [0.4, 0.5) is 23.1 Å². The summed E-state index contributed by atoms with van der Waals surface area (Å²) in [6, 6.07) is 10.8. The molecule has 0 bridgehead atoms. The Balaban J connectivity index is 1.53. The van der Waals surface area contributed by atoms with E-state index in [2.05, 4.69) is 50.4 Å². The van der Waals surface area contributed by atoms with Crippen molar-refractivity contribution >= 4 is 44.6 Å². The van der Waals surface area contributed by atoms with Crippen LogP contribution in [0.15, 0.2) is 47.5 Å². The molecule has 1 aliphatic heterocycles. The van der Waals surface area contributed by atoms with Crippen molar-refractivity contribution in [3.05, 3.63) is 58.7 Å². The Morgan fingerprint density at radius 1 is 1.08 bits per heavy atom. The summed E-state index contributed by atoms with van der Waals surface area (Å²) in [5, 5.41) is 6.02. The number of sulfone groups is 1. The molecule has 0 spiro atoms. The fraction of sp³-hybridized carbons (Fsp3) is 0.429. The first kappa shape index (κ1) is 29.1. The normalized spacial score (nSPS) is 14.9. The first-order valence-electron chi connectivity index (χ1n) is 13.1. The van der Waals surface area contributed by atoms with E-state index in [4.69, 9.17) is 16.3 Å². The van der Waals surface area contributed by atoms with Gasteiger partial charge in [-0.15, -0.1) is 0 Å². The van der Waals surface area contributed by atoms with Crippen LogP contribution in [-0.2, 0) is 16.3 Å². The zero-order valence-electron chi connectivity index (χ0n) is 23.2. The summed E-state index contributed by atoms with van der Waals surface area (Å²) in [6.45, 7) is 10.8. The number of aromatic nitrogens is 2. The van der Waals surface area contributed by atoms with Crippen molar-refractivity contribution in [2.24, 2.45) is 0 Å². The SMILES string of the molecule is COc1cc(CCN2CCN(C)CC2)c(C)cc1Nc1ncc(Cl)c(Nc2ccccc2S(=O)(=O)C(C)C)n1. The van der Waals surface area contributed by atoms with Gasteiger partial charge in [-0.2, -0.15) is 4.98 Å². The van der Waals surface area contributed by atoms with Gasteiger partial charge < -0.3 is 25.2 Å². The molecule has 1 saturated heterocycles. The third kappa shape index (κ3) is 7.00. The number of piperazine rings is 1. The number of methoxy groups -OCH3 is 1. The molecular formula is C28H37ClN6O3S. The Morgan fingerprint density at radius 2 is 1.79 bits per heavy atom. The number of ether oxygens (including phenoxy) is 1. The van der Waals surface area contributed by atoms with Gasteiger partial charge in [-0.1, -0.05) is 23.7 Å². The van der Waals surface area contributed by atoms with Crippen molar-refractivity contribution < 1.29 is 13.2 Å². The second-order valence-electron chi connectivity index (χ2n) is 10.1. The van der Waals surface area contributed by atoms with Gasteiger partial charge in [-0.05, 0) is 69.6 Å². The molecule has 0 amide bonds. The fourth-order valence-electron chi connectivity index (χ4n) is 4.45. The molecule has 0 aliphatic carbocycles. The highest BCUT2D eigenvalue weighted by atomic mass is 35.5. The van der Waals surface area contributed by atoms with Crippen LogP contribution in [0.1, 0.15) is 25.0 Å². The molecule has 11 heteroatoms. The minimum Gasteiger partial charge on any atom is -0.495 e. The van der Waals surface area contributed by atoms with E-state index in [9.17, 15) is 8.42 Å². The minimum atomic E-state index is -3.52. The van der Waals surface area contributed by atoms with Gasteiger partial charge in [0.15, 0.2) is 15.7 Å². The first-order chi connectivity index (χ1) is 18.6. The molecule has 4 rings (SSSR count). The van der Waals surface area contributed by atoms with E-state index in [-0.39, 0.29) is 9.92 Å². The van der Waals surface area contributed by atoms with Gasteiger partial charge in [-0.3, -0.25) is 0 Å². The smallest absolute Gasteiger partial charge is 0.229 e. The highest BCUT2D eigenvalue weighted by Crippen LogP contribution is 2.33. The lowest BCUT2D eigenvalue weighted by molar-refractivity contribution is 0.155. The summed E-state index contributed by atoms with van der Waals surface area (Å²) in [4.78, 5) is 13.9. The number of benzene rings is 2. The Labute approximate surface area is 236 Å². The van der Waals surface area contributed by atoms with Crippen molar-refractivity contribution in [2.45, 2.75) is 37.3 Å². The zero-order valence-corrected chi connectivity index (χ0v) is 24.7. The van der Waals surface area contributed by atoms with Crippen LogP contribution in [-0.4, -0.2) is 80.3 Å². The maximum atomic E-state index is 12.9. The van der Waals surface area contributed by atoms with Gasteiger partial charge in [0.25, 0.3) is 0 Å². The molecule has 39 heavy (non-hydrogen) atoms. The summed E-state index contributed by atoms with van der Waals surface area (Å²) in [5.74, 6) is 1.28. The highest BCUT2D eigenvalue weighted by Gasteiger charge is 2.23. The molecule has 1 fully saturated rings. The van der Waals surface area contributed by atoms with Crippen molar-refractivity contribution in [1.29, 1.82) is 0 Å². The molecule has 0 radical (unpaired) electrons. The molecule has 3 aromatic rings. The van der Waals surface area contributed by atoms with Crippen molar-refractivity contribution in [2.75, 3.05) is 57.5 Å². The molecule has 0 saturated carbocycles. The van der Waals surface area contributed by atoms with Crippen molar-refractivity contribution in [1.82, 2.24) is 19.8 Å². The number of anilines is 4. The lowest BCUT2D eigenvalue weighted by Crippen LogP contribution is -2.45. The van der Waals surface area contributed by atoms with Crippen LogP contribution in [0.2, 0.25) is 5.02 Å². The predicted octanol–water partition coefficient (Wildman–Crippen LogP) is 4.91. The number of rotatable bonds is 10. The number of hydrogen-bond acceptors (Lipinski definition) is 9. The zero-order chi connectivity index (χ0) is 28.2. The Hall–Kier alpha value is -2.92. The lowest BCUT2D eigenvalue weighted by atomic mass is 10.0. The molecule has 210 valence electrons. The molecule has 1 aromatic heterocycles. The van der Waals surface area contributed by atoms with Crippen LogP contribution in [0, 0.1) is 6.92 Å². The fourth-order valence-corrected chi connectivity index (χ4v) is 5.79. The molecule has 0 atom stereocenters. The largest absolute Gasteiger partial charge is 0.495 e. The van der Waals surface area contributed by atoms with Crippen LogP contribution < -0.4 is 15.4 Å². The first-order valence-corrected chi connectivity index (χ1v) is 15.0. The number of para-hydroxylation sites is 1. The van der Waals surface area contributed by atoms with E-state index < -0.39 is 15.1 Å². The quantitative estimate of drug-likeness (QED) is 0.351. The van der Waals surface area contributed by atoms with E-state index in [1.165, 1.54) is 11.8 Å². The molecule has 0 unspecified atom stereocenters. The van der Waals surface area contributed by atoms with Crippen LogP contribution in [0.5, 0.6) is 5.75 Å². The van der Waals surface area contributed by atoms with Gasteiger partial charge in [-0.25, -0.2) is 13.4 Å². The predicted molar refractivity (Wildman–Crippen MR) is 158 cm³/mol. The van der Waals surface area contributed by atoms with Gasteiger partial charge in [0.05, 0.1) is 34.8 Å². The average Bonchev–Trinajstić information content (AvgIpc) is 2.91. The third-order valence-electron chi connectivity index (χ3n) is 7.01. The number of nitrogens with zero attached hydrogens (tertiary/aromatic N) is 4. The summed E-state index contributed by atoms with van der Waals surface area (Å²) in [5.41, 5.74) is 3.51. The summed E-state index contributed by atoms with van der Waals surface area (Å²) >= 11 is 6.39. The third-order valence-corrected chi connectivity index (χ3v) is 9.50. The maximum Gasteiger partial charge on any atom is 0.229 e.